The third-order valence-corrected chi connectivity index (χ3v) is 5.66. The molecule has 2 aromatic carbocycles. The van der Waals surface area contributed by atoms with Gasteiger partial charge in [-0.05, 0) is 67.4 Å². The fraction of sp³-hybridized carbons (Fsp3) is 0.125. The van der Waals surface area contributed by atoms with Crippen LogP contribution in [0.25, 0.3) is 6.08 Å². The van der Waals surface area contributed by atoms with Crippen LogP contribution in [0.4, 0.5) is 16.5 Å². The van der Waals surface area contributed by atoms with Crippen LogP contribution in [0.15, 0.2) is 53.4 Å². The van der Waals surface area contributed by atoms with E-state index in [1.807, 2.05) is 38.1 Å². The van der Waals surface area contributed by atoms with Crippen molar-refractivity contribution in [3.63, 3.8) is 0 Å². The molecule has 33 heavy (non-hydrogen) atoms. The summed E-state index contributed by atoms with van der Waals surface area (Å²) in [6.45, 7) is 5.38. The Balaban J connectivity index is 1.83. The Morgan fingerprint density at radius 2 is 1.82 bits per heavy atom. The number of carbonyl (C=O) groups excluding carboxylic acids is 2. The summed E-state index contributed by atoms with van der Waals surface area (Å²) in [4.78, 5) is 41.7. The van der Waals surface area contributed by atoms with Crippen molar-refractivity contribution in [3.05, 3.63) is 75.8 Å². The molecule has 0 saturated carbocycles. The average Bonchev–Trinajstić information content (AvgIpc) is 3.22. The zero-order valence-corrected chi connectivity index (χ0v) is 18.9. The van der Waals surface area contributed by atoms with Crippen LogP contribution in [0.3, 0.4) is 0 Å². The number of benzene rings is 2. The monoisotopic (exact) mass is 460 g/mol. The normalized spacial score (nSPS) is 10.9. The second-order valence-corrected chi connectivity index (χ2v) is 8.02. The summed E-state index contributed by atoms with van der Waals surface area (Å²) >= 11 is 1.22. The Morgan fingerprint density at radius 3 is 2.39 bits per heavy atom. The Morgan fingerprint density at radius 1 is 1.12 bits per heavy atom. The highest BCUT2D eigenvalue weighted by molar-refractivity contribution is 7.14. The summed E-state index contributed by atoms with van der Waals surface area (Å²) in [5.41, 5.74) is 3.43. The smallest absolute Gasteiger partial charge is 0.335 e. The molecule has 2 amide bonds. The molecule has 1 heterocycles. The molecule has 2 N–H and O–H groups in total. The van der Waals surface area contributed by atoms with Crippen molar-refractivity contribution in [2.45, 2.75) is 20.8 Å². The summed E-state index contributed by atoms with van der Waals surface area (Å²) in [7, 11) is 0. The molecular weight excluding hydrogens is 440 g/mol. The van der Waals surface area contributed by atoms with E-state index in [9.17, 15) is 19.6 Å². The highest BCUT2D eigenvalue weighted by Gasteiger charge is 2.19. The van der Waals surface area contributed by atoms with Crippen molar-refractivity contribution in [3.8, 4) is 6.07 Å². The number of aromatic carboxylic acids is 1. The van der Waals surface area contributed by atoms with Gasteiger partial charge < -0.3 is 10.4 Å². The fourth-order valence-corrected chi connectivity index (χ4v) is 3.77. The number of amides is 2. The molecule has 0 atom stereocenters. The van der Waals surface area contributed by atoms with Gasteiger partial charge in [-0.15, -0.1) is 11.3 Å². The van der Waals surface area contributed by atoms with Crippen LogP contribution in [0.5, 0.6) is 0 Å². The van der Waals surface area contributed by atoms with E-state index < -0.39 is 11.9 Å². The second kappa shape index (κ2) is 9.89. The first-order chi connectivity index (χ1) is 15.7. The van der Waals surface area contributed by atoms with E-state index in [1.54, 1.807) is 5.38 Å². The minimum absolute atomic E-state index is 0.0813. The van der Waals surface area contributed by atoms with Gasteiger partial charge in [0.05, 0.1) is 16.9 Å². The van der Waals surface area contributed by atoms with Crippen molar-refractivity contribution in [1.82, 2.24) is 4.98 Å². The Bertz CT molecular complexity index is 1300. The first-order valence-electron chi connectivity index (χ1n) is 9.79. The van der Waals surface area contributed by atoms with E-state index in [2.05, 4.69) is 10.3 Å². The van der Waals surface area contributed by atoms with Gasteiger partial charge in [-0.1, -0.05) is 6.07 Å². The molecule has 0 aliphatic carbocycles. The van der Waals surface area contributed by atoms with Gasteiger partial charge in [-0.3, -0.25) is 14.5 Å². The summed E-state index contributed by atoms with van der Waals surface area (Å²) in [5, 5.41) is 23.0. The number of carboxylic acids is 1. The standard InChI is InChI=1S/C24H20N4O4S/c1-14-4-9-21(10-15(14)2)28(16(3)29)24-27-20(13-33-24)11-18(12-25)22(30)26-19-7-5-17(6-8-19)23(31)32/h4-11,13H,1-3H3,(H,26,30)(H,31,32)/b18-11+. The number of rotatable bonds is 6. The van der Waals surface area contributed by atoms with E-state index in [-0.39, 0.29) is 17.0 Å². The van der Waals surface area contributed by atoms with E-state index in [4.69, 9.17) is 5.11 Å². The summed E-state index contributed by atoms with van der Waals surface area (Å²) < 4.78 is 0. The molecule has 0 unspecified atom stereocenters. The van der Waals surface area contributed by atoms with Gasteiger partial charge in [-0.2, -0.15) is 5.26 Å². The predicted molar refractivity (Wildman–Crippen MR) is 126 cm³/mol. The van der Waals surface area contributed by atoms with E-state index in [0.29, 0.717) is 22.2 Å². The van der Waals surface area contributed by atoms with Gasteiger partial charge in [0.25, 0.3) is 5.91 Å². The van der Waals surface area contributed by atoms with Crippen LogP contribution >= 0.6 is 11.3 Å². The van der Waals surface area contributed by atoms with E-state index in [1.165, 1.54) is 53.5 Å². The molecule has 0 aliphatic heterocycles. The lowest BCUT2D eigenvalue weighted by atomic mass is 10.1. The molecule has 0 aliphatic rings. The first kappa shape index (κ1) is 23.4. The van der Waals surface area contributed by atoms with Crippen molar-refractivity contribution in [1.29, 1.82) is 5.26 Å². The van der Waals surface area contributed by atoms with Gasteiger partial charge in [0.15, 0.2) is 5.13 Å². The molecule has 8 nitrogen and oxygen atoms in total. The molecule has 3 rings (SSSR count). The molecule has 166 valence electrons. The SMILES string of the molecule is CC(=O)N(c1ccc(C)c(C)c1)c1nc(/C=C(\C#N)C(=O)Nc2ccc(C(=O)O)cc2)cs1. The number of anilines is 3. The largest absolute Gasteiger partial charge is 0.478 e. The van der Waals surface area contributed by atoms with Crippen LogP contribution < -0.4 is 10.2 Å². The minimum Gasteiger partial charge on any atom is -0.478 e. The Kier molecular flexibility index (Phi) is 7.00. The Labute approximate surface area is 194 Å². The highest BCUT2D eigenvalue weighted by Crippen LogP contribution is 2.30. The van der Waals surface area contributed by atoms with Crippen molar-refractivity contribution >= 4 is 51.7 Å². The topological polar surface area (TPSA) is 123 Å². The van der Waals surface area contributed by atoms with E-state index in [0.717, 1.165) is 11.1 Å². The molecule has 3 aromatic rings. The lowest BCUT2D eigenvalue weighted by Crippen LogP contribution is -2.22. The maximum absolute atomic E-state index is 12.5. The van der Waals surface area contributed by atoms with Crippen LogP contribution in [0.2, 0.25) is 0 Å². The number of hydrogen-bond donors (Lipinski definition) is 2. The van der Waals surface area contributed by atoms with Crippen LogP contribution in [0, 0.1) is 25.2 Å². The lowest BCUT2D eigenvalue weighted by molar-refractivity contribution is -0.116. The quantitative estimate of drug-likeness (QED) is 0.406. The predicted octanol–water partition coefficient (Wildman–Crippen LogP) is 4.69. The third-order valence-electron chi connectivity index (χ3n) is 4.81. The van der Waals surface area contributed by atoms with Crippen LogP contribution in [0.1, 0.15) is 34.1 Å². The fourth-order valence-electron chi connectivity index (χ4n) is 2.93. The number of nitrogens with zero attached hydrogens (tertiary/aromatic N) is 3. The summed E-state index contributed by atoms with van der Waals surface area (Å²) in [5.74, 6) is -1.95. The van der Waals surface area contributed by atoms with Crippen molar-refractivity contribution in [2.24, 2.45) is 0 Å². The first-order valence-corrected chi connectivity index (χ1v) is 10.7. The van der Waals surface area contributed by atoms with E-state index >= 15 is 0 Å². The number of carboxylic acid groups (broad SMARTS) is 1. The Hall–Kier alpha value is -4.29. The maximum atomic E-state index is 12.5. The van der Waals surface area contributed by atoms with Crippen LogP contribution in [-0.4, -0.2) is 27.9 Å². The number of aryl methyl sites for hydroxylation is 2. The maximum Gasteiger partial charge on any atom is 0.335 e. The molecule has 9 heteroatoms. The molecular formula is C24H20N4O4S. The van der Waals surface area contributed by atoms with Gasteiger partial charge in [0, 0.05) is 18.0 Å². The zero-order chi connectivity index (χ0) is 24.1. The number of thiazole rings is 1. The van der Waals surface area contributed by atoms with Gasteiger partial charge in [0.1, 0.15) is 11.6 Å². The van der Waals surface area contributed by atoms with Gasteiger partial charge in [-0.25, -0.2) is 9.78 Å². The van der Waals surface area contributed by atoms with Gasteiger partial charge in [0.2, 0.25) is 5.91 Å². The van der Waals surface area contributed by atoms with Crippen molar-refractivity contribution in [2.75, 3.05) is 10.2 Å². The summed E-state index contributed by atoms with van der Waals surface area (Å²) in [6.07, 6.45) is 1.33. The molecule has 0 bridgehead atoms. The number of hydrogen-bond acceptors (Lipinski definition) is 6. The molecule has 0 radical (unpaired) electrons. The number of nitrogens with one attached hydrogen (secondary N) is 1. The van der Waals surface area contributed by atoms with Crippen LogP contribution in [-0.2, 0) is 9.59 Å². The summed E-state index contributed by atoms with van der Waals surface area (Å²) in [6, 6.07) is 13.1. The minimum atomic E-state index is -1.08. The third kappa shape index (κ3) is 5.50. The number of nitriles is 1. The average molecular weight is 461 g/mol. The molecule has 1 aromatic heterocycles. The second-order valence-electron chi connectivity index (χ2n) is 7.18. The number of aromatic nitrogens is 1. The zero-order valence-electron chi connectivity index (χ0n) is 18.1. The molecule has 0 fully saturated rings. The molecule has 0 saturated heterocycles. The van der Waals surface area contributed by atoms with Crippen molar-refractivity contribution < 1.29 is 19.5 Å². The lowest BCUT2D eigenvalue weighted by Gasteiger charge is -2.19. The van der Waals surface area contributed by atoms with Gasteiger partial charge >= 0.3 is 5.97 Å². The number of carbonyl (C=O) groups is 3. The molecule has 0 spiro atoms. The highest BCUT2D eigenvalue weighted by atomic mass is 32.1.